The average Bonchev–Trinajstić information content (AvgIpc) is 2.49. The van der Waals surface area contributed by atoms with Gasteiger partial charge in [-0.3, -0.25) is 0 Å². The van der Waals surface area contributed by atoms with Gasteiger partial charge in [0.15, 0.2) is 0 Å². The average molecular weight is 288 g/mol. The summed E-state index contributed by atoms with van der Waals surface area (Å²) in [6.07, 6.45) is 2.74. The number of nitrogens with zero attached hydrogens (tertiary/aromatic N) is 2. The van der Waals surface area contributed by atoms with Crippen LogP contribution in [0.3, 0.4) is 0 Å². The molecule has 0 bridgehead atoms. The lowest BCUT2D eigenvalue weighted by atomic mass is 10.1. The summed E-state index contributed by atoms with van der Waals surface area (Å²) in [5.74, 6) is 1.24. The van der Waals surface area contributed by atoms with Crippen LogP contribution in [0.1, 0.15) is 30.0 Å². The van der Waals surface area contributed by atoms with Crippen molar-refractivity contribution in [2.24, 2.45) is 0 Å². The molecule has 21 heavy (non-hydrogen) atoms. The predicted octanol–water partition coefficient (Wildman–Crippen LogP) is 3.67. The Balaban J connectivity index is 2.03. The highest BCUT2D eigenvalue weighted by Crippen LogP contribution is 2.16. The Morgan fingerprint density at radius 2 is 1.86 bits per heavy atom. The van der Waals surface area contributed by atoms with Crippen LogP contribution in [0.15, 0.2) is 24.4 Å². The molecule has 0 aliphatic rings. The zero-order chi connectivity index (χ0) is 15.2. The molecule has 0 amide bonds. The van der Waals surface area contributed by atoms with E-state index in [1.165, 1.54) is 0 Å². The van der Waals surface area contributed by atoms with Crippen molar-refractivity contribution in [3.8, 4) is 0 Å². The summed E-state index contributed by atoms with van der Waals surface area (Å²) in [6.45, 7) is 7.10. The highest BCUT2D eigenvalue weighted by atomic mass is 19.1. The predicted molar refractivity (Wildman–Crippen MR) is 84.0 cm³/mol. The Bertz CT molecular complexity index is 590. The van der Waals surface area contributed by atoms with Crippen molar-refractivity contribution < 1.29 is 4.39 Å². The highest BCUT2D eigenvalue weighted by Gasteiger charge is 2.05. The zero-order valence-corrected chi connectivity index (χ0v) is 12.7. The molecule has 2 aromatic rings. The number of benzene rings is 1. The first-order valence-electron chi connectivity index (χ1n) is 7.16. The van der Waals surface area contributed by atoms with Crippen LogP contribution in [0.2, 0.25) is 0 Å². The lowest BCUT2D eigenvalue weighted by molar-refractivity contribution is 0.608. The van der Waals surface area contributed by atoms with E-state index >= 15 is 0 Å². The molecule has 0 aliphatic carbocycles. The molecule has 112 valence electrons. The second kappa shape index (κ2) is 7.02. The van der Waals surface area contributed by atoms with Crippen molar-refractivity contribution in [3.63, 3.8) is 0 Å². The number of halogens is 1. The highest BCUT2D eigenvalue weighted by molar-refractivity contribution is 5.41. The maximum Gasteiger partial charge on any atom is 0.224 e. The Morgan fingerprint density at radius 1 is 1.14 bits per heavy atom. The third kappa shape index (κ3) is 4.15. The molecule has 4 nitrogen and oxygen atoms in total. The first-order chi connectivity index (χ1) is 10.1. The number of aryl methyl sites for hydroxylation is 2. The van der Waals surface area contributed by atoms with Crippen molar-refractivity contribution in [1.29, 1.82) is 0 Å². The summed E-state index contributed by atoms with van der Waals surface area (Å²) in [7, 11) is 0. The fourth-order valence-corrected chi connectivity index (χ4v) is 2.11. The van der Waals surface area contributed by atoms with Crippen LogP contribution < -0.4 is 10.6 Å². The molecule has 0 saturated carbocycles. The minimum atomic E-state index is -0.133. The summed E-state index contributed by atoms with van der Waals surface area (Å²) in [5, 5.41) is 6.38. The number of hydrogen-bond acceptors (Lipinski definition) is 4. The van der Waals surface area contributed by atoms with E-state index < -0.39 is 0 Å². The minimum Gasteiger partial charge on any atom is -0.366 e. The van der Waals surface area contributed by atoms with Crippen LogP contribution in [-0.4, -0.2) is 16.5 Å². The summed E-state index contributed by atoms with van der Waals surface area (Å²) in [6, 6.07) is 5.53. The van der Waals surface area contributed by atoms with Gasteiger partial charge >= 0.3 is 0 Å². The van der Waals surface area contributed by atoms with E-state index in [0.717, 1.165) is 24.3 Å². The van der Waals surface area contributed by atoms with Gasteiger partial charge in [-0.15, -0.1) is 0 Å². The van der Waals surface area contributed by atoms with E-state index in [4.69, 9.17) is 0 Å². The van der Waals surface area contributed by atoms with Crippen molar-refractivity contribution in [2.75, 3.05) is 17.2 Å². The van der Waals surface area contributed by atoms with Crippen LogP contribution >= 0.6 is 0 Å². The third-order valence-electron chi connectivity index (χ3n) is 3.16. The van der Waals surface area contributed by atoms with Gasteiger partial charge in [0.1, 0.15) is 11.6 Å². The van der Waals surface area contributed by atoms with Crippen molar-refractivity contribution in [1.82, 2.24) is 9.97 Å². The van der Waals surface area contributed by atoms with E-state index in [1.807, 2.05) is 18.2 Å². The summed E-state index contributed by atoms with van der Waals surface area (Å²) >= 11 is 0. The van der Waals surface area contributed by atoms with Gasteiger partial charge in [-0.25, -0.2) is 9.37 Å². The van der Waals surface area contributed by atoms with Gasteiger partial charge in [0.2, 0.25) is 5.95 Å². The molecule has 2 rings (SSSR count). The third-order valence-corrected chi connectivity index (χ3v) is 3.16. The molecule has 2 N–H and O–H groups in total. The van der Waals surface area contributed by atoms with Crippen LogP contribution in [-0.2, 0) is 6.54 Å². The van der Waals surface area contributed by atoms with Gasteiger partial charge in [0.25, 0.3) is 0 Å². The first kappa shape index (κ1) is 15.2. The van der Waals surface area contributed by atoms with Crippen molar-refractivity contribution in [3.05, 3.63) is 46.9 Å². The number of hydrogen-bond donors (Lipinski definition) is 2. The van der Waals surface area contributed by atoms with Gasteiger partial charge < -0.3 is 10.6 Å². The van der Waals surface area contributed by atoms with Gasteiger partial charge in [-0.1, -0.05) is 19.1 Å². The molecule has 1 aromatic carbocycles. The Hall–Kier alpha value is -2.17. The number of aromatic nitrogens is 2. The molecule has 0 atom stereocenters. The zero-order valence-electron chi connectivity index (χ0n) is 12.7. The molecule has 0 saturated heterocycles. The fraction of sp³-hybridized carbons (Fsp3) is 0.375. The molecule has 0 aliphatic heterocycles. The van der Waals surface area contributed by atoms with Crippen LogP contribution in [0.25, 0.3) is 0 Å². The van der Waals surface area contributed by atoms with E-state index in [-0.39, 0.29) is 5.82 Å². The standard InChI is InChI=1S/C16H21FN4/c1-4-6-18-16-19-7-5-14(21-16)20-10-13-8-11(2)15(17)12(3)9-13/h5,7-9H,4,6,10H2,1-3H3,(H2,18,19,20,21). The minimum absolute atomic E-state index is 0.133. The summed E-state index contributed by atoms with van der Waals surface area (Å²) in [4.78, 5) is 8.54. The van der Waals surface area contributed by atoms with Gasteiger partial charge in [-0.2, -0.15) is 4.98 Å². The molecule has 0 spiro atoms. The number of rotatable bonds is 6. The van der Waals surface area contributed by atoms with E-state index in [0.29, 0.717) is 23.6 Å². The summed E-state index contributed by atoms with van der Waals surface area (Å²) in [5.41, 5.74) is 2.37. The normalized spacial score (nSPS) is 10.5. The molecular formula is C16H21FN4. The molecule has 0 radical (unpaired) electrons. The maximum absolute atomic E-state index is 13.6. The molecular weight excluding hydrogens is 267 g/mol. The van der Waals surface area contributed by atoms with Gasteiger partial charge in [0.05, 0.1) is 0 Å². The van der Waals surface area contributed by atoms with Gasteiger partial charge in [-0.05, 0) is 43.0 Å². The monoisotopic (exact) mass is 288 g/mol. The first-order valence-corrected chi connectivity index (χ1v) is 7.16. The lowest BCUT2D eigenvalue weighted by Crippen LogP contribution is -2.07. The lowest BCUT2D eigenvalue weighted by Gasteiger charge is -2.10. The van der Waals surface area contributed by atoms with E-state index in [9.17, 15) is 4.39 Å². The van der Waals surface area contributed by atoms with E-state index in [1.54, 1.807) is 20.0 Å². The second-order valence-electron chi connectivity index (χ2n) is 5.09. The van der Waals surface area contributed by atoms with Gasteiger partial charge in [0, 0.05) is 19.3 Å². The smallest absolute Gasteiger partial charge is 0.224 e. The Kier molecular flexibility index (Phi) is 5.09. The molecule has 5 heteroatoms. The SMILES string of the molecule is CCCNc1nccc(NCc2cc(C)c(F)c(C)c2)n1. The maximum atomic E-state index is 13.6. The number of nitrogens with one attached hydrogen (secondary N) is 2. The molecule has 1 heterocycles. The topological polar surface area (TPSA) is 49.8 Å². The summed E-state index contributed by atoms with van der Waals surface area (Å²) < 4.78 is 13.6. The quantitative estimate of drug-likeness (QED) is 0.851. The largest absolute Gasteiger partial charge is 0.366 e. The molecule has 0 unspecified atom stereocenters. The number of anilines is 2. The molecule has 1 aromatic heterocycles. The second-order valence-corrected chi connectivity index (χ2v) is 5.09. The fourth-order valence-electron chi connectivity index (χ4n) is 2.11. The molecule has 0 fully saturated rings. The van der Waals surface area contributed by atoms with E-state index in [2.05, 4.69) is 27.5 Å². The van der Waals surface area contributed by atoms with Crippen LogP contribution in [0.4, 0.5) is 16.2 Å². The van der Waals surface area contributed by atoms with Crippen molar-refractivity contribution in [2.45, 2.75) is 33.7 Å². The Labute approximate surface area is 124 Å². The Morgan fingerprint density at radius 3 is 2.52 bits per heavy atom. The van der Waals surface area contributed by atoms with Crippen LogP contribution in [0, 0.1) is 19.7 Å². The van der Waals surface area contributed by atoms with Crippen LogP contribution in [0.5, 0.6) is 0 Å². The van der Waals surface area contributed by atoms with Crippen molar-refractivity contribution >= 4 is 11.8 Å².